The van der Waals surface area contributed by atoms with Crippen molar-refractivity contribution in [1.82, 2.24) is 0 Å². The molecule has 1 amide bonds. The second-order valence-corrected chi connectivity index (χ2v) is 6.15. The molecule has 3 aliphatic heterocycles. The SMILES string of the molecule is O=C(C1CCCO1)N1CCc2cc(N3CCOCC3)ccc21. The molecule has 0 aromatic heterocycles. The summed E-state index contributed by atoms with van der Waals surface area (Å²) in [6.07, 6.45) is 2.56. The first-order valence-electron chi connectivity index (χ1n) is 8.21. The first-order chi connectivity index (χ1) is 10.8. The Balaban J connectivity index is 1.53. The molecule has 1 aromatic rings. The Labute approximate surface area is 130 Å². The summed E-state index contributed by atoms with van der Waals surface area (Å²) in [4.78, 5) is 16.8. The molecule has 0 N–H and O–H groups in total. The molecular weight excluding hydrogens is 280 g/mol. The number of benzene rings is 1. The summed E-state index contributed by atoms with van der Waals surface area (Å²) in [5.41, 5.74) is 3.58. The molecule has 22 heavy (non-hydrogen) atoms. The van der Waals surface area contributed by atoms with Gasteiger partial charge in [0.05, 0.1) is 13.2 Å². The van der Waals surface area contributed by atoms with Gasteiger partial charge in [-0.05, 0) is 43.0 Å². The van der Waals surface area contributed by atoms with Crippen molar-refractivity contribution in [1.29, 1.82) is 0 Å². The molecule has 1 unspecified atom stereocenters. The fourth-order valence-corrected chi connectivity index (χ4v) is 3.58. The van der Waals surface area contributed by atoms with Crippen LogP contribution in [0.1, 0.15) is 18.4 Å². The van der Waals surface area contributed by atoms with Gasteiger partial charge in [-0.2, -0.15) is 0 Å². The number of carbonyl (C=O) groups is 1. The van der Waals surface area contributed by atoms with E-state index >= 15 is 0 Å². The van der Waals surface area contributed by atoms with E-state index in [1.807, 2.05) is 4.90 Å². The van der Waals surface area contributed by atoms with Crippen LogP contribution in [-0.2, 0) is 20.7 Å². The van der Waals surface area contributed by atoms with Crippen molar-refractivity contribution in [2.75, 3.05) is 49.3 Å². The number of hydrogen-bond donors (Lipinski definition) is 0. The first-order valence-corrected chi connectivity index (χ1v) is 8.21. The van der Waals surface area contributed by atoms with Gasteiger partial charge in [0.15, 0.2) is 0 Å². The van der Waals surface area contributed by atoms with E-state index in [1.165, 1.54) is 11.3 Å². The van der Waals surface area contributed by atoms with E-state index in [1.54, 1.807) is 0 Å². The summed E-state index contributed by atoms with van der Waals surface area (Å²) in [6.45, 7) is 4.96. The first kappa shape index (κ1) is 14.0. The van der Waals surface area contributed by atoms with Crippen molar-refractivity contribution in [3.63, 3.8) is 0 Å². The van der Waals surface area contributed by atoms with E-state index in [2.05, 4.69) is 23.1 Å². The van der Waals surface area contributed by atoms with E-state index in [4.69, 9.17) is 9.47 Å². The average molecular weight is 302 g/mol. The summed E-state index contributed by atoms with van der Waals surface area (Å²) >= 11 is 0. The second kappa shape index (κ2) is 5.89. The zero-order chi connectivity index (χ0) is 14.9. The predicted molar refractivity (Wildman–Crippen MR) is 84.5 cm³/mol. The van der Waals surface area contributed by atoms with Crippen molar-refractivity contribution in [3.8, 4) is 0 Å². The highest BCUT2D eigenvalue weighted by molar-refractivity contribution is 5.98. The van der Waals surface area contributed by atoms with Crippen LogP contribution in [0.2, 0.25) is 0 Å². The van der Waals surface area contributed by atoms with Gasteiger partial charge in [-0.1, -0.05) is 0 Å². The molecule has 0 saturated carbocycles. The molecule has 0 aliphatic carbocycles. The third kappa shape index (κ3) is 2.48. The highest BCUT2D eigenvalue weighted by Crippen LogP contribution is 2.33. The molecule has 5 heteroatoms. The number of amides is 1. The van der Waals surface area contributed by atoms with Gasteiger partial charge in [0.2, 0.25) is 0 Å². The van der Waals surface area contributed by atoms with Gasteiger partial charge in [0, 0.05) is 37.6 Å². The number of hydrogen-bond acceptors (Lipinski definition) is 4. The van der Waals surface area contributed by atoms with Crippen molar-refractivity contribution in [2.24, 2.45) is 0 Å². The van der Waals surface area contributed by atoms with Crippen LogP contribution in [0.3, 0.4) is 0 Å². The number of rotatable bonds is 2. The van der Waals surface area contributed by atoms with Crippen LogP contribution in [0.4, 0.5) is 11.4 Å². The fourth-order valence-electron chi connectivity index (χ4n) is 3.58. The van der Waals surface area contributed by atoms with E-state index in [9.17, 15) is 4.79 Å². The maximum Gasteiger partial charge on any atom is 0.256 e. The normalized spacial score (nSPS) is 24.6. The number of anilines is 2. The molecule has 3 heterocycles. The van der Waals surface area contributed by atoms with Gasteiger partial charge < -0.3 is 19.3 Å². The summed E-state index contributed by atoms with van der Waals surface area (Å²) in [5.74, 6) is 0.135. The van der Waals surface area contributed by atoms with E-state index in [0.29, 0.717) is 6.61 Å². The highest BCUT2D eigenvalue weighted by Gasteiger charge is 2.32. The second-order valence-electron chi connectivity index (χ2n) is 6.15. The molecule has 0 bridgehead atoms. The minimum absolute atomic E-state index is 0.135. The predicted octanol–water partition coefficient (Wildman–Crippen LogP) is 1.59. The largest absolute Gasteiger partial charge is 0.378 e. The van der Waals surface area contributed by atoms with Crippen molar-refractivity contribution < 1.29 is 14.3 Å². The lowest BCUT2D eigenvalue weighted by molar-refractivity contribution is -0.127. The summed E-state index contributed by atoms with van der Waals surface area (Å²) in [7, 11) is 0. The minimum Gasteiger partial charge on any atom is -0.378 e. The third-order valence-corrected chi connectivity index (χ3v) is 4.81. The third-order valence-electron chi connectivity index (χ3n) is 4.81. The zero-order valence-electron chi connectivity index (χ0n) is 12.8. The molecule has 2 fully saturated rings. The number of carbonyl (C=O) groups excluding carboxylic acids is 1. The lowest BCUT2D eigenvalue weighted by atomic mass is 10.1. The molecule has 0 spiro atoms. The highest BCUT2D eigenvalue weighted by atomic mass is 16.5. The van der Waals surface area contributed by atoms with Crippen LogP contribution >= 0.6 is 0 Å². The Morgan fingerprint density at radius 2 is 2.00 bits per heavy atom. The summed E-state index contributed by atoms with van der Waals surface area (Å²) < 4.78 is 11.0. The van der Waals surface area contributed by atoms with Crippen molar-refractivity contribution in [3.05, 3.63) is 23.8 Å². The lowest BCUT2D eigenvalue weighted by Crippen LogP contribution is -2.38. The Kier molecular flexibility index (Phi) is 3.76. The number of morpholine rings is 1. The molecule has 1 aromatic carbocycles. The molecule has 2 saturated heterocycles. The van der Waals surface area contributed by atoms with Crippen LogP contribution in [0.5, 0.6) is 0 Å². The van der Waals surface area contributed by atoms with Crippen LogP contribution in [-0.4, -0.2) is 51.5 Å². The number of ether oxygens (including phenoxy) is 2. The molecule has 118 valence electrons. The minimum atomic E-state index is -0.232. The fraction of sp³-hybridized carbons (Fsp3) is 0.588. The summed E-state index contributed by atoms with van der Waals surface area (Å²) in [5, 5.41) is 0. The molecular formula is C17H22N2O3. The topological polar surface area (TPSA) is 42.0 Å². The van der Waals surface area contributed by atoms with E-state index in [0.717, 1.165) is 57.8 Å². The molecule has 3 aliphatic rings. The van der Waals surface area contributed by atoms with Crippen molar-refractivity contribution >= 4 is 17.3 Å². The van der Waals surface area contributed by atoms with E-state index < -0.39 is 0 Å². The smallest absolute Gasteiger partial charge is 0.256 e. The van der Waals surface area contributed by atoms with Crippen LogP contribution in [0.15, 0.2) is 18.2 Å². The lowest BCUT2D eigenvalue weighted by Gasteiger charge is -2.29. The Hall–Kier alpha value is -1.59. The van der Waals surface area contributed by atoms with E-state index in [-0.39, 0.29) is 12.0 Å². The molecule has 5 nitrogen and oxygen atoms in total. The molecule has 4 rings (SSSR count). The van der Waals surface area contributed by atoms with Gasteiger partial charge in [-0.15, -0.1) is 0 Å². The molecule has 0 radical (unpaired) electrons. The Bertz CT molecular complexity index is 563. The maximum atomic E-state index is 12.6. The standard InChI is InChI=1S/C17H22N2O3/c20-17(16-2-1-9-22-16)19-6-5-13-12-14(3-4-15(13)19)18-7-10-21-11-8-18/h3-4,12,16H,1-2,5-11H2. The number of nitrogens with zero attached hydrogens (tertiary/aromatic N) is 2. The number of fused-ring (bicyclic) bond motifs is 1. The quantitative estimate of drug-likeness (QED) is 0.832. The van der Waals surface area contributed by atoms with Gasteiger partial charge >= 0.3 is 0 Å². The zero-order valence-corrected chi connectivity index (χ0v) is 12.8. The average Bonchev–Trinajstić information content (AvgIpc) is 3.24. The maximum absolute atomic E-state index is 12.6. The van der Waals surface area contributed by atoms with Crippen LogP contribution < -0.4 is 9.80 Å². The molecule has 1 atom stereocenters. The van der Waals surface area contributed by atoms with Gasteiger partial charge in [0.1, 0.15) is 6.10 Å². The Morgan fingerprint density at radius 3 is 2.77 bits per heavy atom. The van der Waals surface area contributed by atoms with Gasteiger partial charge in [-0.25, -0.2) is 0 Å². The summed E-state index contributed by atoms with van der Waals surface area (Å²) in [6, 6.07) is 6.47. The van der Waals surface area contributed by atoms with Crippen LogP contribution in [0, 0.1) is 0 Å². The van der Waals surface area contributed by atoms with Gasteiger partial charge in [-0.3, -0.25) is 4.79 Å². The monoisotopic (exact) mass is 302 g/mol. The van der Waals surface area contributed by atoms with Gasteiger partial charge in [0.25, 0.3) is 5.91 Å². The van der Waals surface area contributed by atoms with Crippen LogP contribution in [0.25, 0.3) is 0 Å². The Morgan fingerprint density at radius 1 is 1.14 bits per heavy atom. The van der Waals surface area contributed by atoms with Crippen molar-refractivity contribution in [2.45, 2.75) is 25.4 Å².